The lowest BCUT2D eigenvalue weighted by molar-refractivity contribution is 0.121. The van der Waals surface area contributed by atoms with Crippen LogP contribution >= 0.6 is 0 Å². The molecule has 0 N–H and O–H groups in total. The summed E-state index contributed by atoms with van der Waals surface area (Å²) < 4.78 is 4.90. The summed E-state index contributed by atoms with van der Waals surface area (Å²) in [6.07, 6.45) is 4.36. The highest BCUT2D eigenvalue weighted by molar-refractivity contribution is 5.67. The third kappa shape index (κ3) is 9.10. The second kappa shape index (κ2) is 12.0. The van der Waals surface area contributed by atoms with E-state index < -0.39 is 0 Å². The average Bonchev–Trinajstić information content (AvgIpc) is 2.21. The Hall–Kier alpha value is -0.990. The van der Waals surface area contributed by atoms with Gasteiger partial charge in [-0.1, -0.05) is 32.9 Å². The zero-order chi connectivity index (χ0) is 11.4. The van der Waals surface area contributed by atoms with Crippen LogP contribution in [0.2, 0.25) is 0 Å². The molecule has 0 aromatic heterocycles. The van der Waals surface area contributed by atoms with Crippen LogP contribution < -0.4 is 0 Å². The summed E-state index contributed by atoms with van der Waals surface area (Å²) in [5.41, 5.74) is 0. The molecule has 3 heteroatoms. The molecule has 14 heavy (non-hydrogen) atoms. The van der Waals surface area contributed by atoms with Crippen molar-refractivity contribution in [3.63, 3.8) is 0 Å². The molecule has 0 spiro atoms. The number of rotatable bonds is 4. The van der Waals surface area contributed by atoms with Gasteiger partial charge in [-0.05, 0) is 13.3 Å². The molecule has 0 unspecified atom stereocenters. The predicted molar refractivity (Wildman–Crippen MR) is 60.4 cm³/mol. The molecule has 0 aromatic rings. The van der Waals surface area contributed by atoms with Gasteiger partial charge in [-0.2, -0.15) is 0 Å². The molecule has 0 heterocycles. The van der Waals surface area contributed by atoms with Crippen LogP contribution in [0.3, 0.4) is 0 Å². The highest BCUT2D eigenvalue weighted by atomic mass is 16.6. The Kier molecular flexibility index (Phi) is 13.3. The second-order valence-corrected chi connectivity index (χ2v) is 2.57. The maximum Gasteiger partial charge on any atom is 0.409 e. The third-order valence-electron chi connectivity index (χ3n) is 1.41. The van der Waals surface area contributed by atoms with Gasteiger partial charge in [0.15, 0.2) is 0 Å². The molecule has 84 valence electrons. The average molecular weight is 201 g/mol. The van der Waals surface area contributed by atoms with Crippen molar-refractivity contribution in [2.45, 2.75) is 34.1 Å². The number of hydrogen-bond acceptors (Lipinski definition) is 2. The van der Waals surface area contributed by atoms with Gasteiger partial charge in [0, 0.05) is 13.6 Å². The minimum Gasteiger partial charge on any atom is -0.445 e. The first-order valence-corrected chi connectivity index (χ1v) is 5.21. The van der Waals surface area contributed by atoms with Gasteiger partial charge >= 0.3 is 6.09 Å². The standard InChI is InChI=1S/C9H17NO2.C2H6/c1-4-6-8-12-9(11)10(3)7-5-2;1-2/h4,6H,5,7-8H2,1-3H3;1-2H3/b6-4+;. The Morgan fingerprint density at radius 2 is 2.00 bits per heavy atom. The Morgan fingerprint density at radius 3 is 2.43 bits per heavy atom. The smallest absolute Gasteiger partial charge is 0.409 e. The van der Waals surface area contributed by atoms with E-state index in [1.165, 1.54) is 0 Å². The van der Waals surface area contributed by atoms with E-state index in [0.717, 1.165) is 13.0 Å². The molecule has 0 atom stereocenters. The molecule has 0 aliphatic rings. The molecule has 3 nitrogen and oxygen atoms in total. The predicted octanol–water partition coefficient (Wildman–Crippen LogP) is 3.07. The molecule has 0 saturated carbocycles. The van der Waals surface area contributed by atoms with Gasteiger partial charge in [0.2, 0.25) is 0 Å². The van der Waals surface area contributed by atoms with E-state index in [1.54, 1.807) is 18.0 Å². The Bertz CT molecular complexity index is 155. The van der Waals surface area contributed by atoms with Crippen molar-refractivity contribution in [3.05, 3.63) is 12.2 Å². The maximum atomic E-state index is 11.1. The van der Waals surface area contributed by atoms with E-state index in [1.807, 2.05) is 33.8 Å². The lowest BCUT2D eigenvalue weighted by atomic mass is 10.4. The lowest BCUT2D eigenvalue weighted by Gasteiger charge is -2.14. The normalized spacial score (nSPS) is 9.21. The van der Waals surface area contributed by atoms with Gasteiger partial charge in [-0.25, -0.2) is 4.79 Å². The van der Waals surface area contributed by atoms with Crippen molar-refractivity contribution in [1.82, 2.24) is 4.90 Å². The van der Waals surface area contributed by atoms with Crippen molar-refractivity contribution >= 4 is 6.09 Å². The fourth-order valence-corrected chi connectivity index (χ4v) is 0.753. The van der Waals surface area contributed by atoms with Crippen molar-refractivity contribution < 1.29 is 9.53 Å². The first-order valence-electron chi connectivity index (χ1n) is 5.21. The van der Waals surface area contributed by atoms with Gasteiger partial charge in [-0.15, -0.1) is 0 Å². The maximum absolute atomic E-state index is 11.1. The van der Waals surface area contributed by atoms with Crippen molar-refractivity contribution in [1.29, 1.82) is 0 Å². The minimum absolute atomic E-state index is 0.255. The second-order valence-electron chi connectivity index (χ2n) is 2.57. The van der Waals surface area contributed by atoms with Gasteiger partial charge in [0.05, 0.1) is 0 Å². The fraction of sp³-hybridized carbons (Fsp3) is 0.727. The van der Waals surface area contributed by atoms with E-state index >= 15 is 0 Å². The Balaban J connectivity index is 0. The highest BCUT2D eigenvalue weighted by Crippen LogP contribution is 1.92. The quantitative estimate of drug-likeness (QED) is 0.654. The van der Waals surface area contributed by atoms with Crippen LogP contribution in [0, 0.1) is 0 Å². The molecule has 0 fully saturated rings. The molecular weight excluding hydrogens is 178 g/mol. The molecule has 0 aliphatic heterocycles. The van der Waals surface area contributed by atoms with E-state index in [0.29, 0.717) is 6.61 Å². The molecular formula is C11H23NO2. The van der Waals surface area contributed by atoms with Crippen LogP contribution in [0.4, 0.5) is 4.79 Å². The first-order chi connectivity index (χ1) is 6.72. The number of allylic oxidation sites excluding steroid dienone is 1. The summed E-state index contributed by atoms with van der Waals surface area (Å²) in [6, 6.07) is 0. The third-order valence-corrected chi connectivity index (χ3v) is 1.41. The molecule has 0 saturated heterocycles. The fourth-order valence-electron chi connectivity index (χ4n) is 0.753. The molecule has 0 rings (SSSR count). The van der Waals surface area contributed by atoms with Gasteiger partial charge in [-0.3, -0.25) is 0 Å². The zero-order valence-corrected chi connectivity index (χ0v) is 10.0. The van der Waals surface area contributed by atoms with Crippen LogP contribution in [0.5, 0.6) is 0 Å². The molecule has 0 aliphatic carbocycles. The summed E-state index contributed by atoms with van der Waals surface area (Å²) in [5.74, 6) is 0. The summed E-state index contributed by atoms with van der Waals surface area (Å²) in [5, 5.41) is 0. The van der Waals surface area contributed by atoms with E-state index in [2.05, 4.69) is 0 Å². The Morgan fingerprint density at radius 1 is 1.43 bits per heavy atom. The number of amides is 1. The summed E-state index contributed by atoms with van der Waals surface area (Å²) in [6.45, 7) is 9.03. The SMILES string of the molecule is C/C=C/COC(=O)N(C)CCC.CC. The van der Waals surface area contributed by atoms with E-state index in [9.17, 15) is 4.79 Å². The van der Waals surface area contributed by atoms with Gasteiger partial charge < -0.3 is 9.64 Å². The van der Waals surface area contributed by atoms with Gasteiger partial charge in [0.25, 0.3) is 0 Å². The van der Waals surface area contributed by atoms with E-state index in [4.69, 9.17) is 4.74 Å². The number of nitrogens with zero attached hydrogens (tertiary/aromatic N) is 1. The minimum atomic E-state index is -0.255. The van der Waals surface area contributed by atoms with Crippen LogP contribution in [-0.4, -0.2) is 31.2 Å². The topological polar surface area (TPSA) is 29.5 Å². The summed E-state index contributed by atoms with van der Waals surface area (Å²) >= 11 is 0. The van der Waals surface area contributed by atoms with Crippen LogP contribution in [0.25, 0.3) is 0 Å². The van der Waals surface area contributed by atoms with Crippen LogP contribution in [0.15, 0.2) is 12.2 Å². The number of carbonyl (C=O) groups is 1. The molecule has 1 amide bonds. The Labute approximate surface area is 87.7 Å². The largest absolute Gasteiger partial charge is 0.445 e. The molecule has 0 aromatic carbocycles. The lowest BCUT2D eigenvalue weighted by Crippen LogP contribution is -2.28. The van der Waals surface area contributed by atoms with E-state index in [-0.39, 0.29) is 6.09 Å². The van der Waals surface area contributed by atoms with Gasteiger partial charge in [0.1, 0.15) is 6.61 Å². The highest BCUT2D eigenvalue weighted by Gasteiger charge is 2.06. The summed E-state index contributed by atoms with van der Waals surface area (Å²) in [7, 11) is 1.74. The van der Waals surface area contributed by atoms with Crippen LogP contribution in [0.1, 0.15) is 34.1 Å². The summed E-state index contributed by atoms with van der Waals surface area (Å²) in [4.78, 5) is 12.7. The molecule has 0 radical (unpaired) electrons. The van der Waals surface area contributed by atoms with Crippen molar-refractivity contribution in [3.8, 4) is 0 Å². The van der Waals surface area contributed by atoms with Crippen molar-refractivity contribution in [2.75, 3.05) is 20.2 Å². The number of carbonyl (C=O) groups excluding carboxylic acids is 1. The first kappa shape index (κ1) is 15.5. The number of hydrogen-bond donors (Lipinski definition) is 0. The number of ether oxygens (including phenoxy) is 1. The molecule has 0 bridgehead atoms. The zero-order valence-electron chi connectivity index (χ0n) is 10.0. The monoisotopic (exact) mass is 201 g/mol. The van der Waals surface area contributed by atoms with Crippen LogP contribution in [-0.2, 0) is 4.74 Å². The van der Waals surface area contributed by atoms with Crippen molar-refractivity contribution in [2.24, 2.45) is 0 Å².